The van der Waals surface area contributed by atoms with Gasteiger partial charge in [0.05, 0.1) is 18.0 Å². The predicted molar refractivity (Wildman–Crippen MR) is 98.6 cm³/mol. The molecule has 0 aromatic heterocycles. The molecule has 2 aromatic carbocycles. The van der Waals surface area contributed by atoms with Crippen LogP contribution in [0.3, 0.4) is 0 Å². The molecule has 4 rings (SSSR count). The number of rotatable bonds is 6. The summed E-state index contributed by atoms with van der Waals surface area (Å²) < 4.78 is 43.3. The lowest BCUT2D eigenvalue weighted by atomic mass is 10.0. The second kappa shape index (κ2) is 7.07. The molecule has 0 unspecified atom stereocenters. The second-order valence-corrected chi connectivity index (χ2v) is 8.35. The van der Waals surface area contributed by atoms with Gasteiger partial charge in [0.2, 0.25) is 16.8 Å². The van der Waals surface area contributed by atoms with Gasteiger partial charge in [-0.2, -0.15) is 0 Å². The average molecular weight is 375 g/mol. The van der Waals surface area contributed by atoms with Crippen LogP contribution in [0.5, 0.6) is 17.2 Å². The van der Waals surface area contributed by atoms with Crippen molar-refractivity contribution >= 4 is 15.7 Å². The summed E-state index contributed by atoms with van der Waals surface area (Å²) in [6.07, 6.45) is 2.20. The Morgan fingerprint density at radius 1 is 1.08 bits per heavy atom. The Morgan fingerprint density at radius 3 is 2.85 bits per heavy atom. The summed E-state index contributed by atoms with van der Waals surface area (Å²) in [5.74, 6) is 2.06. The van der Waals surface area contributed by atoms with Crippen LogP contribution in [-0.4, -0.2) is 34.1 Å². The zero-order valence-corrected chi connectivity index (χ0v) is 15.2. The van der Waals surface area contributed by atoms with E-state index in [1.807, 2.05) is 24.3 Å². The number of aryl methyl sites for hydroxylation is 1. The fourth-order valence-corrected chi connectivity index (χ4v) is 4.88. The molecule has 0 aliphatic carbocycles. The average Bonchev–Trinajstić information content (AvgIpc) is 3.12. The number of benzene rings is 2. The molecule has 0 radical (unpaired) electrons. The molecule has 0 saturated carbocycles. The third kappa shape index (κ3) is 3.44. The molecule has 0 spiro atoms. The fourth-order valence-electron chi connectivity index (χ4n) is 3.30. The number of hydrogen-bond acceptors (Lipinski definition) is 5. The molecule has 6 nitrogen and oxygen atoms in total. The van der Waals surface area contributed by atoms with E-state index in [1.54, 1.807) is 22.5 Å². The summed E-state index contributed by atoms with van der Waals surface area (Å²) in [6.45, 7) is 1.09. The van der Waals surface area contributed by atoms with Crippen LogP contribution in [0.4, 0.5) is 5.69 Å². The van der Waals surface area contributed by atoms with E-state index < -0.39 is 10.0 Å². The summed E-state index contributed by atoms with van der Waals surface area (Å²) >= 11 is 0. The van der Waals surface area contributed by atoms with Crippen LogP contribution in [0, 0.1) is 0 Å². The highest BCUT2D eigenvalue weighted by Gasteiger charge is 2.26. The Kier molecular flexibility index (Phi) is 4.63. The summed E-state index contributed by atoms with van der Waals surface area (Å²) in [7, 11) is -3.35. The normalized spacial score (nSPS) is 15.6. The van der Waals surface area contributed by atoms with Crippen molar-refractivity contribution in [2.45, 2.75) is 19.3 Å². The lowest BCUT2D eigenvalue weighted by Gasteiger charge is -2.30. The first kappa shape index (κ1) is 17.0. The third-order valence-corrected chi connectivity index (χ3v) is 6.42. The number of hydrogen-bond donors (Lipinski definition) is 0. The van der Waals surface area contributed by atoms with Crippen molar-refractivity contribution in [3.8, 4) is 17.2 Å². The Hall–Kier alpha value is -2.41. The Balaban J connectivity index is 1.34. The first-order chi connectivity index (χ1) is 12.6. The lowest BCUT2D eigenvalue weighted by Crippen LogP contribution is -2.37. The van der Waals surface area contributed by atoms with Gasteiger partial charge in [0.15, 0.2) is 11.5 Å². The van der Waals surface area contributed by atoms with Crippen LogP contribution in [-0.2, 0) is 16.4 Å². The van der Waals surface area contributed by atoms with E-state index in [0.717, 1.165) is 24.1 Å². The number of nitrogens with zero attached hydrogens (tertiary/aromatic N) is 1. The molecule has 0 atom stereocenters. The van der Waals surface area contributed by atoms with Gasteiger partial charge in [-0.3, -0.25) is 4.31 Å². The lowest BCUT2D eigenvalue weighted by molar-refractivity contribution is 0.173. The van der Waals surface area contributed by atoms with Crippen LogP contribution >= 0.6 is 0 Å². The Bertz CT molecular complexity index is 897. The van der Waals surface area contributed by atoms with Gasteiger partial charge in [0, 0.05) is 12.6 Å². The molecule has 2 aliphatic heterocycles. The molecular formula is C19H21NO5S. The largest absolute Gasteiger partial charge is 0.493 e. The highest BCUT2D eigenvalue weighted by molar-refractivity contribution is 7.92. The minimum atomic E-state index is -3.35. The van der Waals surface area contributed by atoms with Gasteiger partial charge in [-0.1, -0.05) is 18.2 Å². The van der Waals surface area contributed by atoms with Crippen LogP contribution in [0.1, 0.15) is 18.4 Å². The number of fused-ring (bicyclic) bond motifs is 2. The van der Waals surface area contributed by atoms with Gasteiger partial charge in [-0.15, -0.1) is 0 Å². The van der Waals surface area contributed by atoms with Crippen LogP contribution in [0.2, 0.25) is 0 Å². The van der Waals surface area contributed by atoms with E-state index in [9.17, 15) is 8.42 Å². The molecule has 0 N–H and O–H groups in total. The minimum Gasteiger partial charge on any atom is -0.493 e. The van der Waals surface area contributed by atoms with Crippen molar-refractivity contribution in [3.05, 3.63) is 48.0 Å². The zero-order chi connectivity index (χ0) is 18.0. The minimum absolute atomic E-state index is 0.0614. The topological polar surface area (TPSA) is 65.1 Å². The van der Waals surface area contributed by atoms with E-state index >= 15 is 0 Å². The van der Waals surface area contributed by atoms with Crippen molar-refractivity contribution in [3.63, 3.8) is 0 Å². The van der Waals surface area contributed by atoms with Crippen molar-refractivity contribution in [2.24, 2.45) is 0 Å². The molecule has 26 heavy (non-hydrogen) atoms. The van der Waals surface area contributed by atoms with Crippen molar-refractivity contribution < 1.29 is 22.6 Å². The van der Waals surface area contributed by atoms with Crippen LogP contribution < -0.4 is 18.5 Å². The Labute approximate surface area is 153 Å². The van der Waals surface area contributed by atoms with Crippen LogP contribution in [0.25, 0.3) is 0 Å². The van der Waals surface area contributed by atoms with E-state index in [4.69, 9.17) is 14.2 Å². The number of anilines is 1. The molecule has 0 bridgehead atoms. The SMILES string of the molecule is O=S(=O)(CCCOc1ccc2c(c1)OCO2)N1CCCc2ccccc21. The van der Waals surface area contributed by atoms with Gasteiger partial charge in [0.1, 0.15) is 5.75 Å². The van der Waals surface area contributed by atoms with E-state index in [1.165, 1.54) is 0 Å². The van der Waals surface area contributed by atoms with Gasteiger partial charge in [0.25, 0.3) is 0 Å². The van der Waals surface area contributed by atoms with Gasteiger partial charge in [-0.05, 0) is 43.0 Å². The summed E-state index contributed by atoms with van der Waals surface area (Å²) in [4.78, 5) is 0. The van der Waals surface area contributed by atoms with E-state index in [2.05, 4.69) is 0 Å². The highest BCUT2D eigenvalue weighted by Crippen LogP contribution is 2.35. The summed E-state index contributed by atoms with van der Waals surface area (Å²) in [6, 6.07) is 13.1. The number of ether oxygens (including phenoxy) is 3. The predicted octanol–water partition coefficient (Wildman–Crippen LogP) is 2.97. The number of para-hydroxylation sites is 1. The molecule has 0 fully saturated rings. The van der Waals surface area contributed by atoms with Gasteiger partial charge >= 0.3 is 0 Å². The van der Waals surface area contributed by atoms with E-state index in [-0.39, 0.29) is 12.5 Å². The smallest absolute Gasteiger partial charge is 0.235 e. The molecule has 0 amide bonds. The highest BCUT2D eigenvalue weighted by atomic mass is 32.2. The maximum atomic E-state index is 12.7. The first-order valence-electron chi connectivity index (χ1n) is 8.74. The molecule has 2 heterocycles. The molecule has 7 heteroatoms. The number of sulfonamides is 1. The molecule has 138 valence electrons. The van der Waals surface area contributed by atoms with Crippen molar-refractivity contribution in [2.75, 3.05) is 30.0 Å². The summed E-state index contributed by atoms with van der Waals surface area (Å²) in [5.41, 5.74) is 1.91. The second-order valence-electron chi connectivity index (χ2n) is 6.34. The first-order valence-corrected chi connectivity index (χ1v) is 10.4. The standard InChI is InChI=1S/C19H21NO5S/c21-26(22,20-10-3-6-15-5-1-2-7-17(15)20)12-4-11-23-16-8-9-18-19(13-16)25-14-24-18/h1-2,5,7-9,13H,3-4,6,10-12,14H2. The van der Waals surface area contributed by atoms with E-state index in [0.29, 0.717) is 36.8 Å². The molecular weight excluding hydrogens is 354 g/mol. The Morgan fingerprint density at radius 2 is 1.92 bits per heavy atom. The molecule has 2 aromatic rings. The fraction of sp³-hybridized carbons (Fsp3) is 0.368. The summed E-state index contributed by atoms with van der Waals surface area (Å²) in [5, 5.41) is 0. The van der Waals surface area contributed by atoms with Crippen molar-refractivity contribution in [1.82, 2.24) is 0 Å². The van der Waals surface area contributed by atoms with Gasteiger partial charge < -0.3 is 14.2 Å². The van der Waals surface area contributed by atoms with Crippen LogP contribution in [0.15, 0.2) is 42.5 Å². The van der Waals surface area contributed by atoms with Crippen molar-refractivity contribution in [1.29, 1.82) is 0 Å². The third-order valence-electron chi connectivity index (χ3n) is 4.56. The van der Waals surface area contributed by atoms with Gasteiger partial charge in [-0.25, -0.2) is 8.42 Å². The monoisotopic (exact) mass is 375 g/mol. The quantitative estimate of drug-likeness (QED) is 0.727. The molecule has 2 aliphatic rings. The zero-order valence-electron chi connectivity index (χ0n) is 14.4. The maximum Gasteiger partial charge on any atom is 0.235 e. The molecule has 0 saturated heterocycles. The maximum absolute atomic E-state index is 12.7.